The monoisotopic (exact) mass is 639 g/mol. The number of pyridine rings is 2. The zero-order chi connectivity index (χ0) is 32.6. The first kappa shape index (κ1) is 40.4. The molecule has 2 heterocycles. The van der Waals surface area contributed by atoms with Crippen LogP contribution in [0, 0.1) is 0 Å². The predicted octanol–water partition coefficient (Wildman–Crippen LogP) is 11.4. The van der Waals surface area contributed by atoms with Gasteiger partial charge in [-0.05, 0) is 36.8 Å². The van der Waals surface area contributed by atoms with Gasteiger partial charge in [-0.15, -0.1) is 0 Å². The number of hydrogen-bond acceptors (Lipinski definition) is 2. The number of ether oxygens (including phenoxy) is 2. The molecule has 0 amide bonds. The number of aromatic nitrogens is 2. The summed E-state index contributed by atoms with van der Waals surface area (Å²) >= 11 is 0. The molecule has 2 aromatic rings. The molecule has 0 aromatic carbocycles. The summed E-state index contributed by atoms with van der Waals surface area (Å²) in [5.74, 6) is 0. The third-order valence-electron chi connectivity index (χ3n) is 9.32. The van der Waals surface area contributed by atoms with Gasteiger partial charge in [-0.25, -0.2) is 9.13 Å². The molecular formula is C42H74N2O2+2. The van der Waals surface area contributed by atoms with Crippen LogP contribution in [0.5, 0.6) is 0 Å². The normalized spacial score (nSPS) is 11.4. The zero-order valence-corrected chi connectivity index (χ0v) is 30.5. The predicted molar refractivity (Wildman–Crippen MR) is 195 cm³/mol. The Morgan fingerprint density at radius 2 is 0.652 bits per heavy atom. The van der Waals surface area contributed by atoms with E-state index in [9.17, 15) is 0 Å². The van der Waals surface area contributed by atoms with E-state index in [0.29, 0.717) is 0 Å². The molecule has 0 N–H and O–H groups in total. The molecule has 0 spiro atoms. The average Bonchev–Trinajstić information content (AvgIpc) is 3.08. The second-order valence-corrected chi connectivity index (χ2v) is 13.8. The first-order chi connectivity index (χ1) is 22.8. The van der Waals surface area contributed by atoms with Crippen molar-refractivity contribution >= 4 is 0 Å². The lowest BCUT2D eigenvalue weighted by Crippen LogP contribution is -2.32. The summed E-state index contributed by atoms with van der Waals surface area (Å²) < 4.78 is 16.5. The topological polar surface area (TPSA) is 26.2 Å². The minimum Gasteiger partial charge on any atom is -0.377 e. The quantitative estimate of drug-likeness (QED) is 0.0574. The SMILES string of the molecule is CCCCCCCCCCCC[n+]1ccc(COCCCCCCOCc2cc[n+](CCCCCCCCCCCC)cc2)cc1. The van der Waals surface area contributed by atoms with Gasteiger partial charge in [0.1, 0.15) is 13.1 Å². The van der Waals surface area contributed by atoms with Crippen LogP contribution in [0.1, 0.15) is 179 Å². The Morgan fingerprint density at radius 1 is 0.370 bits per heavy atom. The standard InChI is InChI=1S/C42H74N2O2/c1-3-5-7-9-11-13-15-17-19-23-31-43-33-27-41(28-34-43)39-45-37-25-21-22-26-38-46-40-42-29-35-44(36-30-42)32-24-20-18-16-14-12-10-8-6-4-2/h27-30,33-36H,3-26,31-32,37-40H2,1-2H3/q+2. The minimum atomic E-state index is 0.721. The van der Waals surface area contributed by atoms with E-state index in [0.717, 1.165) is 52.4 Å². The van der Waals surface area contributed by atoms with Crippen LogP contribution in [0.15, 0.2) is 49.1 Å². The molecule has 2 aromatic heterocycles. The third-order valence-corrected chi connectivity index (χ3v) is 9.32. The van der Waals surface area contributed by atoms with Crippen molar-refractivity contribution in [3.8, 4) is 0 Å². The molecule has 0 saturated carbocycles. The molecule has 0 unspecified atom stereocenters. The van der Waals surface area contributed by atoms with Gasteiger partial charge in [0.2, 0.25) is 0 Å². The first-order valence-electron chi connectivity index (χ1n) is 19.9. The van der Waals surface area contributed by atoms with Crippen LogP contribution >= 0.6 is 0 Å². The number of hydrogen-bond donors (Lipinski definition) is 0. The van der Waals surface area contributed by atoms with Crippen molar-refractivity contribution in [2.45, 2.75) is 194 Å². The summed E-state index contributed by atoms with van der Waals surface area (Å²) in [5, 5.41) is 0. The Morgan fingerprint density at radius 3 is 0.978 bits per heavy atom. The summed E-state index contributed by atoms with van der Waals surface area (Å²) in [6.45, 7) is 9.97. The van der Waals surface area contributed by atoms with Crippen molar-refractivity contribution in [3.05, 3.63) is 60.2 Å². The van der Waals surface area contributed by atoms with Crippen LogP contribution < -0.4 is 9.13 Å². The van der Waals surface area contributed by atoms with Crippen LogP contribution in [-0.2, 0) is 35.8 Å². The van der Waals surface area contributed by atoms with Crippen LogP contribution in [0.4, 0.5) is 0 Å². The Kier molecular flexibility index (Phi) is 26.8. The molecule has 0 radical (unpaired) electrons. The van der Waals surface area contributed by atoms with Crippen LogP contribution in [0.3, 0.4) is 0 Å². The maximum atomic E-state index is 5.94. The molecule has 0 fully saturated rings. The summed E-state index contributed by atoms with van der Waals surface area (Å²) in [5.41, 5.74) is 2.55. The fourth-order valence-corrected chi connectivity index (χ4v) is 6.17. The molecule has 262 valence electrons. The molecule has 46 heavy (non-hydrogen) atoms. The van der Waals surface area contributed by atoms with Gasteiger partial charge in [0.05, 0.1) is 13.2 Å². The fourth-order valence-electron chi connectivity index (χ4n) is 6.17. The van der Waals surface area contributed by atoms with Gasteiger partial charge >= 0.3 is 0 Å². The van der Waals surface area contributed by atoms with Gasteiger partial charge in [0.15, 0.2) is 24.8 Å². The fraction of sp³-hybridized carbons (Fsp3) is 0.762. The van der Waals surface area contributed by atoms with Gasteiger partial charge in [-0.3, -0.25) is 0 Å². The van der Waals surface area contributed by atoms with Gasteiger partial charge < -0.3 is 9.47 Å². The summed E-state index contributed by atoms with van der Waals surface area (Å²) in [6, 6.07) is 8.88. The van der Waals surface area contributed by atoms with Crippen molar-refractivity contribution < 1.29 is 18.6 Å². The van der Waals surface area contributed by atoms with Crippen molar-refractivity contribution in [1.29, 1.82) is 0 Å². The molecule has 4 heteroatoms. The molecule has 0 saturated heterocycles. The van der Waals surface area contributed by atoms with E-state index >= 15 is 0 Å². The molecule has 0 bridgehead atoms. The summed E-state index contributed by atoms with van der Waals surface area (Å²) in [6.07, 6.45) is 41.4. The summed E-state index contributed by atoms with van der Waals surface area (Å²) in [7, 11) is 0. The zero-order valence-electron chi connectivity index (χ0n) is 30.5. The van der Waals surface area contributed by atoms with E-state index in [2.05, 4.69) is 72.0 Å². The Hall–Kier alpha value is -1.78. The highest BCUT2D eigenvalue weighted by Gasteiger charge is 2.04. The molecule has 2 rings (SSSR count). The maximum Gasteiger partial charge on any atom is 0.169 e. The Bertz CT molecular complexity index is 823. The highest BCUT2D eigenvalue weighted by molar-refractivity contribution is 5.06. The third kappa shape index (κ3) is 23.5. The molecule has 4 nitrogen and oxygen atoms in total. The lowest BCUT2D eigenvalue weighted by molar-refractivity contribution is -0.697. The van der Waals surface area contributed by atoms with Crippen LogP contribution in [0.2, 0.25) is 0 Å². The van der Waals surface area contributed by atoms with Crippen molar-refractivity contribution in [2.75, 3.05) is 13.2 Å². The van der Waals surface area contributed by atoms with E-state index in [1.54, 1.807) is 0 Å². The lowest BCUT2D eigenvalue weighted by Gasteiger charge is -2.06. The highest BCUT2D eigenvalue weighted by Crippen LogP contribution is 2.12. The smallest absolute Gasteiger partial charge is 0.169 e. The second kappa shape index (κ2) is 30.5. The van der Waals surface area contributed by atoms with E-state index in [1.807, 2.05) is 0 Å². The number of aryl methyl sites for hydroxylation is 2. The van der Waals surface area contributed by atoms with E-state index in [-0.39, 0.29) is 0 Å². The Labute approximate surface area is 285 Å². The van der Waals surface area contributed by atoms with Crippen LogP contribution in [-0.4, -0.2) is 13.2 Å². The number of nitrogens with zero attached hydrogens (tertiary/aromatic N) is 2. The average molecular weight is 639 g/mol. The second-order valence-electron chi connectivity index (χ2n) is 13.8. The molecule has 0 aliphatic heterocycles. The van der Waals surface area contributed by atoms with E-state index in [4.69, 9.17) is 9.47 Å². The number of rotatable bonds is 33. The van der Waals surface area contributed by atoms with Gasteiger partial charge in [-0.2, -0.15) is 0 Å². The van der Waals surface area contributed by atoms with E-state index in [1.165, 1.54) is 152 Å². The molecular weight excluding hydrogens is 564 g/mol. The van der Waals surface area contributed by atoms with Crippen LogP contribution in [0.25, 0.3) is 0 Å². The largest absolute Gasteiger partial charge is 0.377 e. The van der Waals surface area contributed by atoms with E-state index < -0.39 is 0 Å². The van der Waals surface area contributed by atoms with Gasteiger partial charge in [-0.1, -0.05) is 129 Å². The maximum absolute atomic E-state index is 5.94. The highest BCUT2D eigenvalue weighted by atomic mass is 16.5. The first-order valence-corrected chi connectivity index (χ1v) is 19.9. The van der Waals surface area contributed by atoms with Crippen molar-refractivity contribution in [3.63, 3.8) is 0 Å². The van der Waals surface area contributed by atoms with Gasteiger partial charge in [0, 0.05) is 50.3 Å². The molecule has 0 aliphatic carbocycles. The number of unbranched alkanes of at least 4 members (excludes halogenated alkanes) is 21. The molecule has 0 aliphatic rings. The lowest BCUT2D eigenvalue weighted by atomic mass is 10.1. The summed E-state index contributed by atoms with van der Waals surface area (Å²) in [4.78, 5) is 0. The van der Waals surface area contributed by atoms with Gasteiger partial charge in [0.25, 0.3) is 0 Å². The van der Waals surface area contributed by atoms with Crippen molar-refractivity contribution in [1.82, 2.24) is 0 Å². The Balaban J connectivity index is 1.34. The van der Waals surface area contributed by atoms with Crippen molar-refractivity contribution in [2.24, 2.45) is 0 Å². The minimum absolute atomic E-state index is 0.721. The molecule has 0 atom stereocenters.